The molecule has 22 heavy (non-hydrogen) atoms. The lowest BCUT2D eigenvalue weighted by atomic mass is 10.1. The fraction of sp³-hybridized carbons (Fsp3) is 0.750. The summed E-state index contributed by atoms with van der Waals surface area (Å²) in [6.45, 7) is 10.3. The Bertz CT molecular complexity index is 466. The quantitative estimate of drug-likeness (QED) is 0.603. The molecule has 1 aromatic heterocycles. The lowest BCUT2D eigenvalue weighted by molar-refractivity contribution is 0.0174. The van der Waals surface area contributed by atoms with Gasteiger partial charge in [0.05, 0.1) is 0 Å². The van der Waals surface area contributed by atoms with Crippen molar-refractivity contribution in [3.8, 4) is 0 Å². The molecule has 1 aromatic rings. The van der Waals surface area contributed by atoms with Gasteiger partial charge in [0.25, 0.3) is 0 Å². The molecular weight excluding hydrogens is 294 g/mol. The second-order valence-electron chi connectivity index (χ2n) is 6.41. The van der Waals surface area contributed by atoms with Crippen molar-refractivity contribution in [2.45, 2.75) is 31.1 Å². The first-order valence-corrected chi connectivity index (χ1v) is 9.32. The molecule has 0 N–H and O–H groups in total. The monoisotopic (exact) mass is 321 g/mol. The van der Waals surface area contributed by atoms with E-state index in [0.29, 0.717) is 6.04 Å². The number of aromatic nitrogens is 2. The molecule has 2 aliphatic heterocycles. The highest BCUT2D eigenvalue weighted by Crippen LogP contribution is 2.17. The average molecular weight is 321 g/mol. The third-order valence-electron chi connectivity index (χ3n) is 4.50. The topological polar surface area (TPSA) is 35.5 Å². The zero-order valence-electron chi connectivity index (χ0n) is 13.7. The van der Waals surface area contributed by atoms with Crippen molar-refractivity contribution in [3.63, 3.8) is 0 Å². The zero-order valence-corrected chi connectivity index (χ0v) is 14.6. The Morgan fingerprint density at radius 1 is 1.14 bits per heavy atom. The third-order valence-corrected chi connectivity index (χ3v) is 5.58. The van der Waals surface area contributed by atoms with E-state index < -0.39 is 0 Å². The molecule has 0 bridgehead atoms. The van der Waals surface area contributed by atoms with Crippen LogP contribution in [-0.4, -0.2) is 82.8 Å². The van der Waals surface area contributed by atoms with Crippen LogP contribution < -0.4 is 0 Å². The predicted molar refractivity (Wildman–Crippen MR) is 91.2 cm³/mol. The van der Waals surface area contributed by atoms with Gasteiger partial charge in [-0.05, 0) is 13.5 Å². The van der Waals surface area contributed by atoms with Gasteiger partial charge >= 0.3 is 0 Å². The zero-order chi connectivity index (χ0) is 15.4. The molecule has 2 saturated heterocycles. The average Bonchev–Trinajstić information content (AvgIpc) is 2.54. The van der Waals surface area contributed by atoms with Crippen molar-refractivity contribution in [2.24, 2.45) is 0 Å². The molecule has 2 aliphatic rings. The molecule has 2 fully saturated rings. The Balaban J connectivity index is 1.52. The molecule has 0 aromatic carbocycles. The van der Waals surface area contributed by atoms with Gasteiger partial charge in [0, 0.05) is 75.6 Å². The summed E-state index contributed by atoms with van der Waals surface area (Å²) in [4.78, 5) is 16.6. The minimum absolute atomic E-state index is 0.688. The summed E-state index contributed by atoms with van der Waals surface area (Å²) in [5.41, 5.74) is 1.23. The number of likely N-dealkylation sites (N-methyl/N-ethyl adjacent to an activating group) is 1. The van der Waals surface area contributed by atoms with E-state index in [9.17, 15) is 0 Å². The minimum atomic E-state index is 0.688. The summed E-state index contributed by atoms with van der Waals surface area (Å²) in [5.74, 6) is 1.09. The van der Waals surface area contributed by atoms with Gasteiger partial charge in [-0.3, -0.25) is 9.80 Å². The van der Waals surface area contributed by atoms with E-state index in [1.165, 1.54) is 31.7 Å². The number of hydrogen-bond donors (Lipinski definition) is 0. The van der Waals surface area contributed by atoms with E-state index in [-0.39, 0.29) is 0 Å². The summed E-state index contributed by atoms with van der Waals surface area (Å²) in [6.07, 6.45) is 5.17. The van der Waals surface area contributed by atoms with E-state index in [2.05, 4.69) is 38.6 Å². The molecule has 5 nitrogen and oxygen atoms in total. The second-order valence-corrected chi connectivity index (χ2v) is 7.47. The van der Waals surface area contributed by atoms with Gasteiger partial charge in [0.1, 0.15) is 0 Å². The second kappa shape index (κ2) is 7.73. The standard InChI is InChI=1S/C16H27N5S/c1-3-8-22-16-17-9-14(10-18-16)11-20-5-7-21-6-4-19(2)12-15(21)13-20/h9-10,15H,3-8,11-13H2,1-2H3/t15-/m0/s1. The van der Waals surface area contributed by atoms with Crippen LogP contribution in [0.25, 0.3) is 0 Å². The molecule has 0 spiro atoms. The van der Waals surface area contributed by atoms with Crippen LogP contribution in [0.5, 0.6) is 0 Å². The van der Waals surface area contributed by atoms with E-state index in [0.717, 1.165) is 37.0 Å². The van der Waals surface area contributed by atoms with E-state index in [4.69, 9.17) is 0 Å². The van der Waals surface area contributed by atoms with Gasteiger partial charge in [-0.15, -0.1) is 0 Å². The van der Waals surface area contributed by atoms with Crippen LogP contribution in [0.3, 0.4) is 0 Å². The van der Waals surface area contributed by atoms with Crippen LogP contribution in [0.4, 0.5) is 0 Å². The fourth-order valence-electron chi connectivity index (χ4n) is 3.27. The van der Waals surface area contributed by atoms with Crippen LogP contribution in [0, 0.1) is 0 Å². The Hall–Kier alpha value is -0.690. The summed E-state index contributed by atoms with van der Waals surface area (Å²) in [7, 11) is 2.23. The highest BCUT2D eigenvalue weighted by Gasteiger charge is 2.30. The van der Waals surface area contributed by atoms with Crippen molar-refractivity contribution in [2.75, 3.05) is 52.1 Å². The van der Waals surface area contributed by atoms with Gasteiger partial charge in [-0.2, -0.15) is 0 Å². The molecule has 0 saturated carbocycles. The molecule has 3 rings (SSSR count). The number of nitrogens with zero attached hydrogens (tertiary/aromatic N) is 5. The molecule has 0 radical (unpaired) electrons. The Morgan fingerprint density at radius 3 is 2.68 bits per heavy atom. The fourth-order valence-corrected chi connectivity index (χ4v) is 3.91. The van der Waals surface area contributed by atoms with Crippen molar-refractivity contribution < 1.29 is 0 Å². The van der Waals surface area contributed by atoms with Crippen LogP contribution in [0.1, 0.15) is 18.9 Å². The summed E-state index contributed by atoms with van der Waals surface area (Å²) in [6, 6.07) is 0.688. The van der Waals surface area contributed by atoms with Gasteiger partial charge in [0.2, 0.25) is 0 Å². The third kappa shape index (κ3) is 4.19. The maximum absolute atomic E-state index is 4.48. The number of hydrogen-bond acceptors (Lipinski definition) is 6. The van der Waals surface area contributed by atoms with Crippen molar-refractivity contribution in [3.05, 3.63) is 18.0 Å². The van der Waals surface area contributed by atoms with Gasteiger partial charge in [0.15, 0.2) is 5.16 Å². The van der Waals surface area contributed by atoms with Crippen molar-refractivity contribution in [1.29, 1.82) is 0 Å². The lowest BCUT2D eigenvalue weighted by Gasteiger charge is -2.46. The van der Waals surface area contributed by atoms with E-state index in [1.807, 2.05) is 12.4 Å². The first-order chi connectivity index (χ1) is 10.7. The van der Waals surface area contributed by atoms with Crippen LogP contribution >= 0.6 is 11.8 Å². The molecule has 122 valence electrons. The smallest absolute Gasteiger partial charge is 0.187 e. The maximum Gasteiger partial charge on any atom is 0.187 e. The Labute approximate surface area is 138 Å². The molecule has 0 unspecified atom stereocenters. The van der Waals surface area contributed by atoms with Gasteiger partial charge in [-0.25, -0.2) is 9.97 Å². The molecular formula is C16H27N5S. The molecule has 0 aliphatic carbocycles. The Morgan fingerprint density at radius 2 is 1.91 bits per heavy atom. The lowest BCUT2D eigenvalue weighted by Crippen LogP contribution is -2.61. The number of rotatable bonds is 5. The van der Waals surface area contributed by atoms with Gasteiger partial charge in [-0.1, -0.05) is 18.7 Å². The molecule has 0 amide bonds. The number of piperazine rings is 2. The predicted octanol–water partition coefficient (Wildman–Crippen LogP) is 1.41. The van der Waals surface area contributed by atoms with E-state index in [1.54, 1.807) is 11.8 Å². The summed E-state index contributed by atoms with van der Waals surface area (Å²) >= 11 is 1.74. The van der Waals surface area contributed by atoms with Crippen molar-refractivity contribution in [1.82, 2.24) is 24.7 Å². The van der Waals surface area contributed by atoms with Crippen LogP contribution in [-0.2, 0) is 6.54 Å². The normalized spacial score (nSPS) is 24.4. The summed E-state index contributed by atoms with van der Waals surface area (Å²) in [5, 5.41) is 0.907. The highest BCUT2D eigenvalue weighted by molar-refractivity contribution is 7.99. The van der Waals surface area contributed by atoms with Crippen LogP contribution in [0.2, 0.25) is 0 Å². The molecule has 1 atom stereocenters. The van der Waals surface area contributed by atoms with Gasteiger partial charge < -0.3 is 4.90 Å². The van der Waals surface area contributed by atoms with Crippen LogP contribution in [0.15, 0.2) is 17.6 Å². The maximum atomic E-state index is 4.48. The van der Waals surface area contributed by atoms with Crippen molar-refractivity contribution >= 4 is 11.8 Å². The molecule has 6 heteroatoms. The SMILES string of the molecule is CCCSc1ncc(CN2CCN3CCN(C)C[C@H]3C2)cn1. The highest BCUT2D eigenvalue weighted by atomic mass is 32.2. The first-order valence-electron chi connectivity index (χ1n) is 8.33. The first kappa shape index (κ1) is 16.2. The minimum Gasteiger partial charge on any atom is -0.303 e. The number of fused-ring (bicyclic) bond motifs is 1. The largest absolute Gasteiger partial charge is 0.303 e. The molecule has 3 heterocycles. The number of thioether (sulfide) groups is 1. The Kier molecular flexibility index (Phi) is 5.68. The summed E-state index contributed by atoms with van der Waals surface area (Å²) < 4.78 is 0. The van der Waals surface area contributed by atoms with E-state index >= 15 is 0 Å².